The average Bonchev–Trinajstić information content (AvgIpc) is 3.53. The van der Waals surface area contributed by atoms with Crippen LogP contribution < -0.4 is 9.80 Å². The standard InChI is InChI=1S/C51H44N4O5/c1-4-12-32-15-11-18-40(47(32)57)46-38-27-28-39-45(50(60)55(49(39)59)37-25-21-35(22-26-37)53-52-34-19-23-36(24-20-34)54(2)3)42(38)29-43-48(58)41(31-13-7-5-8-14-31)30-44(56)51(43,46)33-16-9-6-10-17-33/h4-11,13-27,30,39,42-43,45-46,57H,1,12,28-29H2,2-3H3. The molecule has 1 heterocycles. The van der Waals surface area contributed by atoms with Gasteiger partial charge in [0.15, 0.2) is 11.6 Å². The Bertz CT molecular complexity index is 2630. The van der Waals surface area contributed by atoms with E-state index in [0.717, 1.165) is 11.3 Å². The van der Waals surface area contributed by atoms with Crippen LogP contribution in [-0.2, 0) is 31.0 Å². The van der Waals surface area contributed by atoms with Gasteiger partial charge < -0.3 is 10.0 Å². The summed E-state index contributed by atoms with van der Waals surface area (Å²) in [4.78, 5) is 63.1. The number of imide groups is 1. The number of carbonyl (C=O) groups is 4. The maximum absolute atomic E-state index is 15.3. The number of nitrogens with zero attached hydrogens (tertiary/aromatic N) is 4. The molecule has 1 aliphatic heterocycles. The van der Waals surface area contributed by atoms with Gasteiger partial charge in [0.25, 0.3) is 0 Å². The minimum Gasteiger partial charge on any atom is -0.507 e. The van der Waals surface area contributed by atoms with Crippen LogP contribution >= 0.6 is 0 Å². The molecule has 0 radical (unpaired) electrons. The van der Waals surface area contributed by atoms with Crippen molar-refractivity contribution < 1.29 is 24.3 Å². The number of rotatable bonds is 9. The molecule has 5 aromatic rings. The molecule has 9 nitrogen and oxygen atoms in total. The first-order valence-electron chi connectivity index (χ1n) is 20.3. The highest BCUT2D eigenvalue weighted by atomic mass is 16.3. The molecule has 0 bridgehead atoms. The number of aromatic hydroxyl groups is 1. The van der Waals surface area contributed by atoms with Crippen LogP contribution in [-0.4, -0.2) is 42.6 Å². The lowest BCUT2D eigenvalue weighted by Gasteiger charge is -2.55. The minimum absolute atomic E-state index is 0.0245. The number of hydrogen-bond donors (Lipinski definition) is 1. The first-order valence-corrected chi connectivity index (χ1v) is 20.3. The largest absolute Gasteiger partial charge is 0.507 e. The van der Waals surface area contributed by atoms with Gasteiger partial charge in [-0.05, 0) is 96.5 Å². The van der Waals surface area contributed by atoms with Crippen molar-refractivity contribution in [2.24, 2.45) is 33.9 Å². The number of phenolic OH excluding ortho intramolecular Hbond substituents is 1. The second kappa shape index (κ2) is 15.3. The maximum atomic E-state index is 15.3. The van der Waals surface area contributed by atoms with Crippen molar-refractivity contribution >= 4 is 51.7 Å². The van der Waals surface area contributed by atoms with E-state index in [0.29, 0.717) is 51.3 Å². The summed E-state index contributed by atoms with van der Waals surface area (Å²) in [5.74, 6) is -4.83. The van der Waals surface area contributed by atoms with Crippen molar-refractivity contribution in [1.82, 2.24) is 0 Å². The van der Waals surface area contributed by atoms with Crippen LogP contribution in [0.4, 0.5) is 22.7 Å². The number of anilines is 2. The van der Waals surface area contributed by atoms with E-state index < -0.39 is 35.0 Å². The van der Waals surface area contributed by atoms with Crippen LogP contribution in [0.3, 0.4) is 0 Å². The molecule has 0 spiro atoms. The number of allylic oxidation sites excluding steroid dienone is 5. The highest BCUT2D eigenvalue weighted by Crippen LogP contribution is 2.64. The fraction of sp³-hybridized carbons (Fsp3) is 0.216. The van der Waals surface area contributed by atoms with Gasteiger partial charge in [-0.2, -0.15) is 10.2 Å². The van der Waals surface area contributed by atoms with E-state index in [-0.39, 0.29) is 42.0 Å². The second-order valence-corrected chi connectivity index (χ2v) is 16.3. The Morgan fingerprint density at radius 3 is 2.08 bits per heavy atom. The predicted octanol–water partition coefficient (Wildman–Crippen LogP) is 9.63. The first-order chi connectivity index (χ1) is 29.1. The molecule has 2 fully saturated rings. The Hall–Kier alpha value is -7.00. The van der Waals surface area contributed by atoms with E-state index in [1.54, 1.807) is 30.3 Å². The van der Waals surface area contributed by atoms with Gasteiger partial charge >= 0.3 is 0 Å². The molecule has 5 aromatic carbocycles. The summed E-state index contributed by atoms with van der Waals surface area (Å²) in [5.41, 5.74) is 4.82. The topological polar surface area (TPSA) is 120 Å². The van der Waals surface area contributed by atoms with E-state index in [9.17, 15) is 14.7 Å². The van der Waals surface area contributed by atoms with Gasteiger partial charge in [0.05, 0.1) is 34.3 Å². The van der Waals surface area contributed by atoms with E-state index in [4.69, 9.17) is 0 Å². The molecule has 1 N–H and O–H groups in total. The molecule has 6 atom stereocenters. The summed E-state index contributed by atoms with van der Waals surface area (Å²) in [6.45, 7) is 3.89. The Morgan fingerprint density at radius 2 is 1.43 bits per heavy atom. The van der Waals surface area contributed by atoms with Crippen molar-refractivity contribution in [2.75, 3.05) is 23.9 Å². The van der Waals surface area contributed by atoms with Gasteiger partial charge in [0, 0.05) is 42.8 Å². The zero-order chi connectivity index (χ0) is 41.7. The molecular weight excluding hydrogens is 749 g/mol. The van der Waals surface area contributed by atoms with Crippen molar-refractivity contribution in [2.45, 2.75) is 30.6 Å². The molecule has 1 saturated heterocycles. The molecule has 3 aliphatic carbocycles. The van der Waals surface area contributed by atoms with E-state index in [1.165, 1.54) is 11.0 Å². The molecular formula is C51H44N4O5. The third-order valence-electron chi connectivity index (χ3n) is 13.0. The number of carbonyl (C=O) groups excluding carboxylic acids is 4. The molecule has 2 amide bonds. The fourth-order valence-electron chi connectivity index (χ4n) is 10.2. The van der Waals surface area contributed by atoms with Crippen molar-refractivity contribution in [3.8, 4) is 5.75 Å². The number of phenols is 1. The highest BCUT2D eigenvalue weighted by molar-refractivity contribution is 6.32. The van der Waals surface area contributed by atoms with Crippen molar-refractivity contribution in [3.63, 3.8) is 0 Å². The number of hydrogen-bond acceptors (Lipinski definition) is 8. The number of Topliss-reactive ketones (excluding diaryl/α,β-unsaturated/α-hetero) is 1. The fourth-order valence-corrected chi connectivity index (χ4v) is 10.2. The number of azo groups is 1. The highest BCUT2D eigenvalue weighted by Gasteiger charge is 2.66. The molecule has 1 saturated carbocycles. The zero-order valence-corrected chi connectivity index (χ0v) is 33.4. The minimum atomic E-state index is -1.44. The average molecular weight is 793 g/mol. The third kappa shape index (κ3) is 6.15. The van der Waals surface area contributed by atoms with Gasteiger partial charge in [-0.1, -0.05) is 96.6 Å². The van der Waals surface area contributed by atoms with Gasteiger partial charge in [-0.25, -0.2) is 0 Å². The summed E-state index contributed by atoms with van der Waals surface area (Å²) in [7, 11) is 3.94. The number of fused-ring (bicyclic) bond motifs is 4. The van der Waals surface area contributed by atoms with Crippen molar-refractivity contribution in [1.29, 1.82) is 0 Å². The van der Waals surface area contributed by atoms with Gasteiger partial charge in [0.1, 0.15) is 5.75 Å². The molecule has 298 valence electrons. The Morgan fingerprint density at radius 1 is 0.783 bits per heavy atom. The first kappa shape index (κ1) is 38.5. The second-order valence-electron chi connectivity index (χ2n) is 16.3. The van der Waals surface area contributed by atoms with Gasteiger partial charge in [-0.15, -0.1) is 6.58 Å². The molecule has 0 aromatic heterocycles. The van der Waals surface area contributed by atoms with E-state index >= 15 is 9.59 Å². The number of ketones is 2. The third-order valence-corrected chi connectivity index (χ3v) is 13.0. The van der Waals surface area contributed by atoms with Gasteiger partial charge in [0.2, 0.25) is 11.8 Å². The number of para-hydroxylation sites is 1. The summed E-state index contributed by atoms with van der Waals surface area (Å²) in [5, 5.41) is 20.8. The normalized spacial score (nSPS) is 24.7. The number of benzene rings is 5. The SMILES string of the molecule is C=CCc1cccc(C2C3=CCC4C(=O)N(c5ccc(N=Nc6ccc(N(C)C)cc6)cc5)C(=O)C4C3CC3C(=O)C(c4ccccc4)=CC(=O)C32c2ccccc2)c1O. The van der Waals surface area contributed by atoms with Crippen LogP contribution in [0.1, 0.15) is 41.0 Å². The summed E-state index contributed by atoms with van der Waals surface area (Å²) in [6.07, 6.45) is 6.03. The smallest absolute Gasteiger partial charge is 0.238 e. The van der Waals surface area contributed by atoms with E-state index in [1.807, 2.05) is 128 Å². The monoisotopic (exact) mass is 792 g/mol. The molecule has 4 aliphatic rings. The van der Waals surface area contributed by atoms with Crippen LogP contribution in [0.2, 0.25) is 0 Å². The molecule has 9 rings (SSSR count). The summed E-state index contributed by atoms with van der Waals surface area (Å²) < 4.78 is 0. The van der Waals surface area contributed by atoms with Crippen LogP contribution in [0, 0.1) is 23.7 Å². The summed E-state index contributed by atoms with van der Waals surface area (Å²) >= 11 is 0. The molecule has 60 heavy (non-hydrogen) atoms. The molecule has 6 unspecified atom stereocenters. The lowest BCUT2D eigenvalue weighted by atomic mass is 9.44. The van der Waals surface area contributed by atoms with Crippen LogP contribution in [0.5, 0.6) is 5.75 Å². The number of amides is 2. The van der Waals surface area contributed by atoms with E-state index in [2.05, 4.69) is 16.8 Å². The quantitative estimate of drug-likeness (QED) is 0.0902. The maximum Gasteiger partial charge on any atom is 0.238 e. The Kier molecular flexibility index (Phi) is 9.83. The summed E-state index contributed by atoms with van der Waals surface area (Å²) in [6, 6.07) is 38.6. The lowest BCUT2D eigenvalue weighted by Crippen LogP contribution is -2.58. The lowest BCUT2D eigenvalue weighted by molar-refractivity contribution is -0.135. The predicted molar refractivity (Wildman–Crippen MR) is 232 cm³/mol. The van der Waals surface area contributed by atoms with Crippen LogP contribution in [0.25, 0.3) is 5.57 Å². The van der Waals surface area contributed by atoms with Crippen molar-refractivity contribution in [3.05, 3.63) is 180 Å². The Balaban J connectivity index is 1.14. The Labute approximate surface area is 349 Å². The zero-order valence-electron chi connectivity index (χ0n) is 33.4. The van der Waals surface area contributed by atoms with Gasteiger partial charge in [-0.3, -0.25) is 24.1 Å². The van der Waals surface area contributed by atoms with Crippen LogP contribution in [0.15, 0.2) is 168 Å². The molecule has 9 heteroatoms.